The lowest BCUT2D eigenvalue weighted by molar-refractivity contribution is 0.410. The van der Waals surface area contributed by atoms with Crippen LogP contribution in [0.5, 0.6) is 5.75 Å². The molecule has 94 valence electrons. The highest BCUT2D eigenvalue weighted by Gasteiger charge is 2.07. The van der Waals surface area contributed by atoms with Crippen molar-refractivity contribution >= 4 is 15.9 Å². The first-order valence-corrected chi connectivity index (χ1v) is 6.61. The SMILES string of the molecule is CCc1cc(-c2cc(C)nc(Br)n2)ccc1OC. The first kappa shape index (κ1) is 13.0. The zero-order chi connectivity index (χ0) is 13.1. The molecule has 1 aromatic heterocycles. The summed E-state index contributed by atoms with van der Waals surface area (Å²) in [7, 11) is 1.69. The first-order chi connectivity index (χ1) is 8.63. The lowest BCUT2D eigenvalue weighted by atomic mass is 10.0. The summed E-state index contributed by atoms with van der Waals surface area (Å²) in [6.07, 6.45) is 0.933. The quantitative estimate of drug-likeness (QED) is 0.809. The summed E-state index contributed by atoms with van der Waals surface area (Å²) in [5, 5.41) is 0. The van der Waals surface area contributed by atoms with Crippen LogP contribution < -0.4 is 4.74 Å². The highest BCUT2D eigenvalue weighted by atomic mass is 79.9. The summed E-state index contributed by atoms with van der Waals surface area (Å²) in [6, 6.07) is 8.10. The first-order valence-electron chi connectivity index (χ1n) is 5.82. The molecule has 0 radical (unpaired) electrons. The number of aryl methyl sites for hydroxylation is 2. The molecule has 0 saturated heterocycles. The van der Waals surface area contributed by atoms with Gasteiger partial charge in [0.15, 0.2) is 4.73 Å². The second kappa shape index (κ2) is 5.48. The molecule has 2 rings (SSSR count). The maximum absolute atomic E-state index is 5.33. The molecule has 4 heteroatoms. The van der Waals surface area contributed by atoms with Crippen molar-refractivity contribution in [2.24, 2.45) is 0 Å². The molecule has 0 aliphatic carbocycles. The number of hydrogen-bond acceptors (Lipinski definition) is 3. The largest absolute Gasteiger partial charge is 0.496 e. The summed E-state index contributed by atoms with van der Waals surface area (Å²) in [6.45, 7) is 4.07. The molecular weight excluding hydrogens is 292 g/mol. The van der Waals surface area contributed by atoms with E-state index >= 15 is 0 Å². The van der Waals surface area contributed by atoms with Crippen molar-refractivity contribution in [2.75, 3.05) is 7.11 Å². The number of nitrogens with zero attached hydrogens (tertiary/aromatic N) is 2. The average molecular weight is 307 g/mol. The van der Waals surface area contributed by atoms with Crippen LogP contribution in [0.1, 0.15) is 18.2 Å². The highest BCUT2D eigenvalue weighted by Crippen LogP contribution is 2.26. The molecule has 0 N–H and O–H groups in total. The second-order valence-electron chi connectivity index (χ2n) is 4.04. The molecular formula is C14H15BrN2O. The predicted octanol–water partition coefficient (Wildman–Crippen LogP) is 3.79. The number of methoxy groups -OCH3 is 1. The van der Waals surface area contributed by atoms with Crippen molar-refractivity contribution in [1.29, 1.82) is 0 Å². The Bertz CT molecular complexity index is 549. The predicted molar refractivity (Wildman–Crippen MR) is 75.8 cm³/mol. The van der Waals surface area contributed by atoms with Gasteiger partial charge in [0.1, 0.15) is 5.75 Å². The molecule has 0 atom stereocenters. The van der Waals surface area contributed by atoms with Crippen LogP contribution in [-0.2, 0) is 6.42 Å². The number of halogens is 1. The van der Waals surface area contributed by atoms with E-state index in [0.29, 0.717) is 4.73 Å². The van der Waals surface area contributed by atoms with E-state index in [0.717, 1.165) is 29.1 Å². The molecule has 0 saturated carbocycles. The second-order valence-corrected chi connectivity index (χ2v) is 4.75. The summed E-state index contributed by atoms with van der Waals surface area (Å²) in [5.74, 6) is 0.922. The molecule has 2 aromatic rings. The summed E-state index contributed by atoms with van der Waals surface area (Å²) >= 11 is 3.33. The Balaban J connectivity index is 2.50. The van der Waals surface area contributed by atoms with Crippen LogP contribution in [0.25, 0.3) is 11.3 Å². The molecule has 0 aliphatic rings. The fraction of sp³-hybridized carbons (Fsp3) is 0.286. The van der Waals surface area contributed by atoms with Gasteiger partial charge in [0.25, 0.3) is 0 Å². The Morgan fingerprint density at radius 3 is 2.61 bits per heavy atom. The smallest absolute Gasteiger partial charge is 0.197 e. The van der Waals surface area contributed by atoms with E-state index in [1.165, 1.54) is 5.56 Å². The number of rotatable bonds is 3. The Labute approximate surface area is 115 Å². The van der Waals surface area contributed by atoms with Gasteiger partial charge in [-0.2, -0.15) is 0 Å². The Morgan fingerprint density at radius 2 is 2.00 bits per heavy atom. The maximum atomic E-state index is 5.33. The standard InChI is InChI=1S/C14H15BrN2O/c1-4-10-8-11(5-6-13(10)18-3)12-7-9(2)16-14(15)17-12/h5-8H,4H2,1-3H3. The third-order valence-corrected chi connectivity index (χ3v) is 3.14. The van der Waals surface area contributed by atoms with Crippen LogP contribution >= 0.6 is 15.9 Å². The Kier molecular flexibility index (Phi) is 3.97. The third-order valence-electron chi connectivity index (χ3n) is 2.78. The minimum atomic E-state index is 0.617. The van der Waals surface area contributed by atoms with Gasteiger partial charge in [0, 0.05) is 11.3 Å². The van der Waals surface area contributed by atoms with Gasteiger partial charge in [-0.25, -0.2) is 9.97 Å². The van der Waals surface area contributed by atoms with Gasteiger partial charge in [-0.1, -0.05) is 6.92 Å². The number of benzene rings is 1. The molecule has 3 nitrogen and oxygen atoms in total. The van der Waals surface area contributed by atoms with Gasteiger partial charge in [-0.3, -0.25) is 0 Å². The lowest BCUT2D eigenvalue weighted by Gasteiger charge is -2.09. The van der Waals surface area contributed by atoms with E-state index in [1.54, 1.807) is 7.11 Å². The van der Waals surface area contributed by atoms with Crippen molar-refractivity contribution in [3.8, 4) is 17.0 Å². The zero-order valence-electron chi connectivity index (χ0n) is 10.7. The van der Waals surface area contributed by atoms with E-state index in [9.17, 15) is 0 Å². The van der Waals surface area contributed by atoms with Crippen LogP contribution in [0.3, 0.4) is 0 Å². The van der Waals surface area contributed by atoms with Crippen molar-refractivity contribution in [2.45, 2.75) is 20.3 Å². The van der Waals surface area contributed by atoms with Crippen molar-refractivity contribution in [3.63, 3.8) is 0 Å². The van der Waals surface area contributed by atoms with Crippen molar-refractivity contribution in [1.82, 2.24) is 9.97 Å². The summed E-state index contributed by atoms with van der Waals surface area (Å²) in [5.41, 5.74) is 4.13. The number of hydrogen-bond donors (Lipinski definition) is 0. The highest BCUT2D eigenvalue weighted by molar-refractivity contribution is 9.10. The lowest BCUT2D eigenvalue weighted by Crippen LogP contribution is -1.94. The Hall–Kier alpha value is -1.42. The molecule has 1 heterocycles. The van der Waals surface area contributed by atoms with Crippen LogP contribution in [0.4, 0.5) is 0 Å². The van der Waals surface area contributed by atoms with Gasteiger partial charge in [0.2, 0.25) is 0 Å². The minimum absolute atomic E-state index is 0.617. The molecule has 0 unspecified atom stereocenters. The molecule has 0 amide bonds. The molecule has 0 spiro atoms. The fourth-order valence-corrected chi connectivity index (χ4v) is 2.37. The van der Waals surface area contributed by atoms with E-state index in [2.05, 4.69) is 38.9 Å². The molecule has 0 fully saturated rings. The van der Waals surface area contributed by atoms with Crippen molar-refractivity contribution < 1.29 is 4.74 Å². The van der Waals surface area contributed by atoms with Gasteiger partial charge in [-0.15, -0.1) is 0 Å². The monoisotopic (exact) mass is 306 g/mol. The normalized spacial score (nSPS) is 10.4. The average Bonchev–Trinajstić information content (AvgIpc) is 2.36. The molecule has 1 aromatic carbocycles. The van der Waals surface area contributed by atoms with Gasteiger partial charge in [-0.05, 0) is 59.1 Å². The number of ether oxygens (including phenoxy) is 1. The van der Waals surface area contributed by atoms with E-state index in [-0.39, 0.29) is 0 Å². The number of aromatic nitrogens is 2. The van der Waals surface area contributed by atoms with Gasteiger partial charge in [0.05, 0.1) is 12.8 Å². The maximum Gasteiger partial charge on any atom is 0.197 e. The fourth-order valence-electron chi connectivity index (χ4n) is 1.89. The van der Waals surface area contributed by atoms with Crippen LogP contribution in [0.15, 0.2) is 29.0 Å². The van der Waals surface area contributed by atoms with Crippen LogP contribution in [-0.4, -0.2) is 17.1 Å². The molecule has 18 heavy (non-hydrogen) atoms. The van der Waals surface area contributed by atoms with E-state index < -0.39 is 0 Å². The minimum Gasteiger partial charge on any atom is -0.496 e. The van der Waals surface area contributed by atoms with Gasteiger partial charge < -0.3 is 4.74 Å². The van der Waals surface area contributed by atoms with Gasteiger partial charge >= 0.3 is 0 Å². The van der Waals surface area contributed by atoms with Crippen LogP contribution in [0, 0.1) is 6.92 Å². The third kappa shape index (κ3) is 2.70. The topological polar surface area (TPSA) is 35.0 Å². The van der Waals surface area contributed by atoms with E-state index in [4.69, 9.17) is 4.74 Å². The Morgan fingerprint density at radius 1 is 1.22 bits per heavy atom. The summed E-state index contributed by atoms with van der Waals surface area (Å²) < 4.78 is 5.95. The zero-order valence-corrected chi connectivity index (χ0v) is 12.3. The molecule has 0 aliphatic heterocycles. The molecule has 0 bridgehead atoms. The van der Waals surface area contributed by atoms with E-state index in [1.807, 2.05) is 25.1 Å². The van der Waals surface area contributed by atoms with Crippen molar-refractivity contribution in [3.05, 3.63) is 40.3 Å². The van der Waals surface area contributed by atoms with Crippen LogP contribution in [0.2, 0.25) is 0 Å². The summed E-state index contributed by atoms with van der Waals surface area (Å²) in [4.78, 5) is 8.62.